The number of hydrogen-bond acceptors (Lipinski definition) is 16. The summed E-state index contributed by atoms with van der Waals surface area (Å²) in [7, 11) is -2.59. The SMILES string of the molecule is CCCCCCCCCCCCCCCCCC(=O)OCC(COP(=O)(O)OCCCC(=O)COCCOCC(=O)NCCOCCOCCN(C)c1cccc(-c2ccc(C3=Nc4cc(C)ccc4OC3)cc2)c1)OC(=O)CCCCCCCCCCCCCCCCC. The van der Waals surface area contributed by atoms with Gasteiger partial charge in [-0.1, -0.05) is 236 Å². The van der Waals surface area contributed by atoms with Gasteiger partial charge in [-0.05, 0) is 72.7 Å². The molecular formula is C76H122N3O15P. The Morgan fingerprint density at radius 1 is 0.547 bits per heavy atom. The maximum Gasteiger partial charge on any atom is 0.472 e. The minimum atomic E-state index is -4.62. The van der Waals surface area contributed by atoms with E-state index < -0.39 is 32.5 Å². The molecule has 1 heterocycles. The molecule has 0 aromatic heterocycles. The van der Waals surface area contributed by atoms with E-state index in [1.54, 1.807) is 0 Å². The van der Waals surface area contributed by atoms with Crippen LogP contribution in [0.2, 0.25) is 0 Å². The first-order valence-electron chi connectivity index (χ1n) is 36.6. The summed E-state index contributed by atoms with van der Waals surface area (Å²) in [5, 5.41) is 2.74. The van der Waals surface area contributed by atoms with Crippen LogP contribution >= 0.6 is 7.82 Å². The van der Waals surface area contributed by atoms with Crippen LogP contribution in [-0.4, -0.2) is 140 Å². The van der Waals surface area contributed by atoms with Gasteiger partial charge in [-0.25, -0.2) is 9.56 Å². The zero-order valence-electron chi connectivity index (χ0n) is 58.9. The van der Waals surface area contributed by atoms with Crippen LogP contribution in [0.5, 0.6) is 5.75 Å². The summed E-state index contributed by atoms with van der Waals surface area (Å²) in [6, 6.07) is 22.9. The summed E-state index contributed by atoms with van der Waals surface area (Å²) < 4.78 is 62.5. The zero-order valence-corrected chi connectivity index (χ0v) is 59.8. The lowest BCUT2D eigenvalue weighted by Crippen LogP contribution is -2.31. The molecule has 1 amide bonds. The molecule has 0 aliphatic carbocycles. The molecular weight excluding hydrogens is 1230 g/mol. The molecule has 0 spiro atoms. The number of aliphatic imine (C=N–C) groups is 1. The van der Waals surface area contributed by atoms with Gasteiger partial charge in [0.1, 0.15) is 37.9 Å². The van der Waals surface area contributed by atoms with E-state index in [0.29, 0.717) is 59.0 Å². The highest BCUT2D eigenvalue weighted by atomic mass is 31.2. The number of hydrogen-bond donors (Lipinski definition) is 2. The van der Waals surface area contributed by atoms with E-state index in [4.69, 9.17) is 47.2 Å². The number of aryl methyl sites for hydroxylation is 1. The summed E-state index contributed by atoms with van der Waals surface area (Å²) in [4.78, 5) is 67.9. The largest absolute Gasteiger partial charge is 0.485 e. The van der Waals surface area contributed by atoms with E-state index in [0.717, 1.165) is 83.6 Å². The first-order chi connectivity index (χ1) is 46.3. The van der Waals surface area contributed by atoms with Crippen LogP contribution in [0.1, 0.15) is 243 Å². The van der Waals surface area contributed by atoms with Gasteiger partial charge in [-0.2, -0.15) is 0 Å². The second kappa shape index (κ2) is 53.9. The molecule has 0 saturated carbocycles. The Kier molecular flexibility index (Phi) is 46.8. The van der Waals surface area contributed by atoms with Gasteiger partial charge >= 0.3 is 19.8 Å². The van der Waals surface area contributed by atoms with Gasteiger partial charge < -0.3 is 48.3 Å². The number of Topliss-reactive ketones (excluding diaryl/α,β-unsaturated/α-hetero) is 1. The number of ether oxygens (including phenoxy) is 7. The Labute approximate surface area is 571 Å². The molecule has 95 heavy (non-hydrogen) atoms. The number of nitrogens with one attached hydrogen (secondary N) is 1. The van der Waals surface area contributed by atoms with Gasteiger partial charge in [-0.15, -0.1) is 0 Å². The highest BCUT2D eigenvalue weighted by Gasteiger charge is 2.26. The number of likely N-dealkylation sites (N-methyl/N-ethyl adjacent to an activating group) is 1. The fourth-order valence-corrected chi connectivity index (χ4v) is 11.9. The van der Waals surface area contributed by atoms with E-state index >= 15 is 0 Å². The number of carbonyl (C=O) groups is 4. The molecule has 0 radical (unpaired) electrons. The molecule has 4 rings (SSSR count). The van der Waals surface area contributed by atoms with Crippen molar-refractivity contribution in [1.29, 1.82) is 0 Å². The van der Waals surface area contributed by atoms with Crippen molar-refractivity contribution in [1.82, 2.24) is 5.32 Å². The number of phosphoric ester groups is 1. The Balaban J connectivity index is 0.993. The third-order valence-electron chi connectivity index (χ3n) is 16.9. The number of rotatable bonds is 62. The van der Waals surface area contributed by atoms with Crippen molar-refractivity contribution in [3.63, 3.8) is 0 Å². The number of carbonyl (C=O) groups excluding carboxylic acids is 4. The van der Waals surface area contributed by atoms with Crippen LogP contribution < -0.4 is 15.0 Å². The van der Waals surface area contributed by atoms with Gasteiger partial charge in [-0.3, -0.25) is 28.2 Å². The Morgan fingerprint density at radius 2 is 1.07 bits per heavy atom. The molecule has 2 unspecified atom stereocenters. The topological polar surface area (TPSA) is 216 Å². The van der Waals surface area contributed by atoms with Crippen molar-refractivity contribution >= 4 is 48.5 Å². The molecule has 3 aromatic rings. The van der Waals surface area contributed by atoms with Crippen LogP contribution in [0.3, 0.4) is 0 Å². The number of fused-ring (bicyclic) bond motifs is 1. The van der Waals surface area contributed by atoms with Gasteiger partial charge in [0.05, 0.1) is 58.6 Å². The predicted octanol–water partition coefficient (Wildman–Crippen LogP) is 17.3. The lowest BCUT2D eigenvalue weighted by Gasteiger charge is -2.20. The number of phosphoric acid groups is 1. The van der Waals surface area contributed by atoms with E-state index in [1.807, 2.05) is 25.2 Å². The number of esters is 2. The number of unbranched alkanes of at least 4 members (excludes halogenated alkanes) is 28. The second-order valence-electron chi connectivity index (χ2n) is 25.5. The standard InChI is InChI=1S/C76H122N3O15P/c1-5-7-9-11-13-15-17-19-21-23-25-27-29-31-33-40-75(82)91-60-70(94-76(83)41-34-32-30-28-26-24-22-20-18-16-14-12-10-8-6-2)61-93-95(84,85)92-50-36-39-69(80)59-88-55-56-89-63-74(81)77-48-51-86-53-54-87-52-49-79(4)68-38-35-37-67(58-68)65-43-45-66(46-44-65)72-62-90-73-47-42-64(3)57-71(73)78-72/h35,37-38,42-47,57-58,70H,5-34,36,39-41,48-56,59-63H2,1-4H3,(H,77,81)(H,84,85). The van der Waals surface area contributed by atoms with Gasteiger partial charge in [0.2, 0.25) is 5.91 Å². The van der Waals surface area contributed by atoms with Crippen molar-refractivity contribution in [2.75, 3.05) is 104 Å². The lowest BCUT2D eigenvalue weighted by molar-refractivity contribution is -0.161. The Hall–Kier alpha value is -5.04. The summed E-state index contributed by atoms with van der Waals surface area (Å²) in [6.45, 7) is 8.31. The highest BCUT2D eigenvalue weighted by molar-refractivity contribution is 7.47. The van der Waals surface area contributed by atoms with Crippen molar-refractivity contribution in [3.05, 3.63) is 77.9 Å². The molecule has 2 N–H and O–H groups in total. The van der Waals surface area contributed by atoms with E-state index in [1.165, 1.54) is 141 Å². The van der Waals surface area contributed by atoms with E-state index in [9.17, 15) is 28.6 Å². The highest BCUT2D eigenvalue weighted by Crippen LogP contribution is 2.43. The van der Waals surface area contributed by atoms with Gasteiger partial charge in [0.25, 0.3) is 0 Å². The summed E-state index contributed by atoms with van der Waals surface area (Å²) in [5.74, 6) is -0.674. The second-order valence-corrected chi connectivity index (χ2v) is 26.9. The molecule has 19 heteroatoms. The van der Waals surface area contributed by atoms with Crippen LogP contribution in [0.4, 0.5) is 11.4 Å². The number of nitrogens with zero attached hydrogens (tertiary/aromatic N) is 2. The van der Waals surface area contributed by atoms with Crippen molar-refractivity contribution in [3.8, 4) is 16.9 Å². The number of anilines is 1. The molecule has 1 aliphatic heterocycles. The van der Waals surface area contributed by atoms with Gasteiger partial charge in [0, 0.05) is 45.1 Å². The summed E-state index contributed by atoms with van der Waals surface area (Å²) in [6.07, 6.45) is 35.9. The molecule has 536 valence electrons. The maximum atomic E-state index is 12.9. The normalized spacial score (nSPS) is 13.0. The summed E-state index contributed by atoms with van der Waals surface area (Å²) >= 11 is 0. The van der Waals surface area contributed by atoms with Gasteiger partial charge in [0.15, 0.2) is 11.9 Å². The minimum absolute atomic E-state index is 0.0154. The van der Waals surface area contributed by atoms with Crippen LogP contribution in [0.25, 0.3) is 11.1 Å². The Morgan fingerprint density at radius 3 is 1.66 bits per heavy atom. The molecule has 1 aliphatic rings. The zero-order chi connectivity index (χ0) is 68.1. The average Bonchev–Trinajstić information content (AvgIpc) is 0.838. The number of benzene rings is 3. The Bertz CT molecular complexity index is 2590. The first-order valence-corrected chi connectivity index (χ1v) is 38.1. The van der Waals surface area contributed by atoms with E-state index in [2.05, 4.69) is 79.5 Å². The predicted molar refractivity (Wildman–Crippen MR) is 380 cm³/mol. The molecule has 2 atom stereocenters. The minimum Gasteiger partial charge on any atom is -0.485 e. The number of amides is 1. The smallest absolute Gasteiger partial charge is 0.472 e. The molecule has 0 saturated heterocycles. The molecule has 3 aromatic carbocycles. The number of ketones is 1. The van der Waals surface area contributed by atoms with Crippen molar-refractivity contribution in [2.24, 2.45) is 4.99 Å². The van der Waals surface area contributed by atoms with Crippen LogP contribution in [0, 0.1) is 6.92 Å². The average molecular weight is 1350 g/mol. The van der Waals surface area contributed by atoms with E-state index in [-0.39, 0.29) is 77.0 Å². The lowest BCUT2D eigenvalue weighted by atomic mass is 10.0. The first kappa shape index (κ1) is 82.4. The van der Waals surface area contributed by atoms with Crippen LogP contribution in [-0.2, 0) is 61.2 Å². The molecule has 0 fully saturated rings. The third-order valence-corrected chi connectivity index (χ3v) is 17.9. The quantitative estimate of drug-likeness (QED) is 0.0305. The fraction of sp³-hybridized carbons (Fsp3) is 0.697. The molecule has 18 nitrogen and oxygen atoms in total. The van der Waals surface area contributed by atoms with Crippen LogP contribution in [0.15, 0.2) is 71.7 Å². The summed E-state index contributed by atoms with van der Waals surface area (Å²) in [5.41, 5.74) is 7.25. The monoisotopic (exact) mass is 1350 g/mol. The maximum absolute atomic E-state index is 12.9. The fourth-order valence-electron chi connectivity index (χ4n) is 11.2. The van der Waals surface area contributed by atoms with Crippen molar-refractivity contribution < 1.29 is 70.8 Å². The van der Waals surface area contributed by atoms with Crippen molar-refractivity contribution in [2.45, 2.75) is 245 Å². The molecule has 0 bridgehead atoms. The third kappa shape index (κ3) is 41.7.